The van der Waals surface area contributed by atoms with E-state index in [1.807, 2.05) is 39.0 Å². The van der Waals surface area contributed by atoms with Crippen LogP contribution in [-0.4, -0.2) is 0 Å². The smallest absolute Gasteiger partial charge is 0.170 e. The molecule has 1 heterocycles. The lowest BCUT2D eigenvalue weighted by atomic mass is 9.87. The number of ether oxygens (including phenoxy) is 2. The van der Waals surface area contributed by atoms with Gasteiger partial charge in [-0.05, 0) is 42.2 Å². The molecule has 1 aliphatic heterocycles. The van der Waals surface area contributed by atoms with Crippen molar-refractivity contribution in [3.8, 4) is 11.5 Å². The molecule has 1 aromatic carbocycles. The van der Waals surface area contributed by atoms with Crippen LogP contribution >= 0.6 is 0 Å². The maximum absolute atomic E-state index is 5.90. The molecule has 0 radical (unpaired) electrons. The number of benzene rings is 1. The molecule has 0 atom stereocenters. The summed E-state index contributed by atoms with van der Waals surface area (Å²) in [5, 5.41) is 0. The van der Waals surface area contributed by atoms with Crippen LogP contribution in [0.4, 0.5) is 0 Å². The van der Waals surface area contributed by atoms with Crippen molar-refractivity contribution in [3.05, 3.63) is 60.1 Å². The minimum absolute atomic E-state index is 0.0890. The van der Waals surface area contributed by atoms with Crippen molar-refractivity contribution in [3.63, 3.8) is 0 Å². The highest BCUT2D eigenvalue weighted by Crippen LogP contribution is 2.39. The maximum atomic E-state index is 5.90. The summed E-state index contributed by atoms with van der Waals surface area (Å²) in [4.78, 5) is 0. The molecular formula is C19H26O2. The second kappa shape index (κ2) is 7.16. The Hall–Kier alpha value is -1.96. The molecule has 0 saturated heterocycles. The highest BCUT2D eigenvalue weighted by atomic mass is 16.6. The molecule has 2 heteroatoms. The maximum Gasteiger partial charge on any atom is 0.170 e. The van der Waals surface area contributed by atoms with Crippen LogP contribution in [0.15, 0.2) is 54.5 Å². The monoisotopic (exact) mass is 286 g/mol. The van der Waals surface area contributed by atoms with Gasteiger partial charge in [-0.2, -0.15) is 0 Å². The Balaban J connectivity index is 0.00000106. The van der Waals surface area contributed by atoms with E-state index in [-0.39, 0.29) is 5.41 Å². The van der Waals surface area contributed by atoms with Crippen LogP contribution < -0.4 is 9.47 Å². The normalized spacial score (nSPS) is 17.2. The quantitative estimate of drug-likeness (QED) is 0.654. The van der Waals surface area contributed by atoms with E-state index in [2.05, 4.69) is 33.4 Å². The second-order valence-electron chi connectivity index (χ2n) is 5.54. The molecule has 0 aliphatic carbocycles. The molecule has 0 saturated carbocycles. The molecular weight excluding hydrogens is 260 g/mol. The molecule has 1 aromatic rings. The van der Waals surface area contributed by atoms with Gasteiger partial charge in [-0.3, -0.25) is 0 Å². The largest absolute Gasteiger partial charge is 0.450 e. The molecule has 2 nitrogen and oxygen atoms in total. The summed E-state index contributed by atoms with van der Waals surface area (Å²) in [6, 6.07) is 6.08. The molecule has 0 bridgehead atoms. The number of fused-ring (bicyclic) bond motifs is 1. The van der Waals surface area contributed by atoms with E-state index in [1.165, 1.54) is 5.56 Å². The molecule has 0 aromatic heterocycles. The lowest BCUT2D eigenvalue weighted by Gasteiger charge is -2.25. The average molecular weight is 286 g/mol. The molecule has 0 unspecified atom stereocenters. The fraction of sp³-hybridized carbons (Fsp3) is 0.368. The van der Waals surface area contributed by atoms with E-state index >= 15 is 0 Å². The summed E-state index contributed by atoms with van der Waals surface area (Å²) in [5.74, 6) is 2.92. The van der Waals surface area contributed by atoms with E-state index < -0.39 is 0 Å². The van der Waals surface area contributed by atoms with Gasteiger partial charge in [-0.1, -0.05) is 53.3 Å². The predicted octanol–water partition coefficient (Wildman–Crippen LogP) is 5.76. The van der Waals surface area contributed by atoms with Crippen LogP contribution in [0.25, 0.3) is 0 Å². The Morgan fingerprint density at radius 2 is 1.62 bits per heavy atom. The molecule has 1 aliphatic rings. The number of hydrogen-bond donors (Lipinski definition) is 0. The number of hydrogen-bond acceptors (Lipinski definition) is 2. The van der Waals surface area contributed by atoms with Gasteiger partial charge >= 0.3 is 0 Å². The van der Waals surface area contributed by atoms with Gasteiger partial charge in [0.05, 0.1) is 0 Å². The van der Waals surface area contributed by atoms with E-state index in [0.29, 0.717) is 5.76 Å². The Labute approximate surface area is 128 Å². The third kappa shape index (κ3) is 4.01. The van der Waals surface area contributed by atoms with Gasteiger partial charge in [0.2, 0.25) is 0 Å². The van der Waals surface area contributed by atoms with Crippen LogP contribution in [0.3, 0.4) is 0 Å². The van der Waals surface area contributed by atoms with Crippen LogP contribution in [-0.2, 0) is 5.41 Å². The van der Waals surface area contributed by atoms with Crippen molar-refractivity contribution in [1.82, 2.24) is 0 Å². The van der Waals surface area contributed by atoms with Gasteiger partial charge in [-0.25, -0.2) is 0 Å². The summed E-state index contributed by atoms with van der Waals surface area (Å²) in [7, 11) is 0. The van der Waals surface area contributed by atoms with Crippen LogP contribution in [0.1, 0.15) is 47.1 Å². The van der Waals surface area contributed by atoms with Gasteiger partial charge in [0.25, 0.3) is 0 Å². The first-order chi connectivity index (χ1) is 9.95. The average Bonchev–Trinajstić information content (AvgIpc) is 2.47. The second-order valence-corrected chi connectivity index (χ2v) is 5.54. The predicted molar refractivity (Wildman–Crippen MR) is 89.8 cm³/mol. The lowest BCUT2D eigenvalue weighted by molar-refractivity contribution is 0.293. The topological polar surface area (TPSA) is 18.5 Å². The fourth-order valence-electron chi connectivity index (χ4n) is 1.90. The van der Waals surface area contributed by atoms with Crippen molar-refractivity contribution >= 4 is 0 Å². The van der Waals surface area contributed by atoms with E-state index in [0.717, 1.165) is 17.3 Å². The first kappa shape index (κ1) is 17.1. The highest BCUT2D eigenvalue weighted by molar-refractivity contribution is 5.50. The van der Waals surface area contributed by atoms with E-state index in [1.54, 1.807) is 12.2 Å². The molecule has 114 valence electrons. The van der Waals surface area contributed by atoms with Crippen LogP contribution in [0.5, 0.6) is 11.5 Å². The lowest BCUT2D eigenvalue weighted by Crippen LogP contribution is -2.15. The molecule has 0 amide bonds. The number of rotatable bonds is 1. The van der Waals surface area contributed by atoms with Gasteiger partial charge in [0, 0.05) is 0 Å². The Bertz CT molecular complexity index is 557. The standard InChI is InChI=1S/C17H20O2.C2H6/c1-6-8-14-13(7-2)18-16-11-12(17(3,4)5)9-10-15(16)19-14;1-2/h6-11H,1H2,2-5H3;1-2H3/b13-7+,14-8+;. The Kier molecular flexibility index (Phi) is 5.83. The third-order valence-corrected chi connectivity index (χ3v) is 3.02. The minimum atomic E-state index is 0.0890. The van der Waals surface area contributed by atoms with Gasteiger partial charge in [-0.15, -0.1) is 0 Å². The summed E-state index contributed by atoms with van der Waals surface area (Å²) >= 11 is 0. The highest BCUT2D eigenvalue weighted by Gasteiger charge is 2.23. The van der Waals surface area contributed by atoms with Gasteiger partial charge in [0.1, 0.15) is 0 Å². The van der Waals surface area contributed by atoms with Crippen molar-refractivity contribution < 1.29 is 9.47 Å². The zero-order valence-electron chi connectivity index (χ0n) is 14.0. The zero-order chi connectivity index (χ0) is 16.0. The minimum Gasteiger partial charge on any atom is -0.450 e. The Morgan fingerprint density at radius 3 is 2.14 bits per heavy atom. The zero-order valence-corrected chi connectivity index (χ0v) is 14.0. The van der Waals surface area contributed by atoms with Crippen molar-refractivity contribution in [2.75, 3.05) is 0 Å². The summed E-state index contributed by atoms with van der Waals surface area (Å²) in [6.07, 6.45) is 5.38. The summed E-state index contributed by atoms with van der Waals surface area (Å²) < 4.78 is 11.7. The van der Waals surface area contributed by atoms with Crippen molar-refractivity contribution in [1.29, 1.82) is 0 Å². The van der Waals surface area contributed by atoms with Gasteiger partial charge < -0.3 is 9.47 Å². The summed E-state index contributed by atoms with van der Waals surface area (Å²) in [5.41, 5.74) is 1.31. The SMILES string of the molecule is C=C/C=C1/Oc2ccc(C(C)(C)C)cc2O/C1=C/C.CC. The van der Waals surface area contributed by atoms with E-state index in [4.69, 9.17) is 9.47 Å². The van der Waals surface area contributed by atoms with Crippen molar-refractivity contribution in [2.24, 2.45) is 0 Å². The Morgan fingerprint density at radius 1 is 1.00 bits per heavy atom. The fourth-order valence-corrected chi connectivity index (χ4v) is 1.90. The molecule has 0 fully saturated rings. The molecule has 21 heavy (non-hydrogen) atoms. The van der Waals surface area contributed by atoms with Crippen molar-refractivity contribution in [2.45, 2.75) is 47.0 Å². The van der Waals surface area contributed by atoms with Crippen LogP contribution in [0.2, 0.25) is 0 Å². The summed E-state index contributed by atoms with van der Waals surface area (Å²) in [6.45, 7) is 16.1. The third-order valence-electron chi connectivity index (χ3n) is 3.02. The first-order valence-corrected chi connectivity index (χ1v) is 7.45. The van der Waals surface area contributed by atoms with E-state index in [9.17, 15) is 0 Å². The molecule has 0 N–H and O–H groups in total. The number of allylic oxidation sites excluding steroid dienone is 3. The van der Waals surface area contributed by atoms with Gasteiger partial charge in [0.15, 0.2) is 23.0 Å². The first-order valence-electron chi connectivity index (χ1n) is 7.45. The molecule has 0 spiro atoms. The van der Waals surface area contributed by atoms with Crippen LogP contribution in [0, 0.1) is 0 Å². The molecule has 2 rings (SSSR count).